The molecule has 144 valence electrons. The van der Waals surface area contributed by atoms with Crippen molar-refractivity contribution >= 4 is 15.7 Å². The Morgan fingerprint density at radius 1 is 1.11 bits per heavy atom. The van der Waals surface area contributed by atoms with Gasteiger partial charge in [-0.1, -0.05) is 23.8 Å². The average Bonchev–Trinajstić information content (AvgIpc) is 2.59. The van der Waals surface area contributed by atoms with Gasteiger partial charge < -0.3 is 9.64 Å². The number of carbonyl (C=O) groups is 1. The predicted molar refractivity (Wildman–Crippen MR) is 105 cm³/mol. The smallest absolute Gasteiger partial charge is 0.257 e. The highest BCUT2D eigenvalue weighted by molar-refractivity contribution is 7.90. The molecule has 0 saturated carbocycles. The van der Waals surface area contributed by atoms with E-state index in [0.717, 1.165) is 18.2 Å². The van der Waals surface area contributed by atoms with Gasteiger partial charge in [0.2, 0.25) is 0 Å². The van der Waals surface area contributed by atoms with Crippen molar-refractivity contribution in [1.82, 2.24) is 4.90 Å². The molecule has 1 amide bonds. The zero-order valence-electron chi connectivity index (χ0n) is 16.2. The molecule has 0 bridgehead atoms. The van der Waals surface area contributed by atoms with E-state index in [1.807, 2.05) is 19.9 Å². The molecule has 2 aromatic rings. The summed E-state index contributed by atoms with van der Waals surface area (Å²) < 4.78 is 29.7. The third-order valence-electron chi connectivity index (χ3n) is 4.63. The molecule has 1 aliphatic rings. The van der Waals surface area contributed by atoms with Crippen LogP contribution in [0.3, 0.4) is 0 Å². The van der Waals surface area contributed by atoms with Crippen molar-refractivity contribution in [2.24, 2.45) is 0 Å². The van der Waals surface area contributed by atoms with E-state index in [1.54, 1.807) is 11.0 Å². The van der Waals surface area contributed by atoms with Crippen LogP contribution in [0.2, 0.25) is 0 Å². The molecule has 0 saturated heterocycles. The third-order valence-corrected chi connectivity index (χ3v) is 5.74. The van der Waals surface area contributed by atoms with Gasteiger partial charge in [-0.25, -0.2) is 8.42 Å². The first-order valence-corrected chi connectivity index (χ1v) is 10.9. The minimum Gasteiger partial charge on any atom is -0.490 e. The quantitative estimate of drug-likeness (QED) is 0.807. The number of ether oxygens (including phenoxy) is 1. The zero-order chi connectivity index (χ0) is 19.8. The summed E-state index contributed by atoms with van der Waals surface area (Å²) >= 11 is 0. The lowest BCUT2D eigenvalue weighted by atomic mass is 9.97. The summed E-state index contributed by atoms with van der Waals surface area (Å²) in [7, 11) is -3.41. The Balaban J connectivity index is 1.96. The number of amides is 1. The van der Waals surface area contributed by atoms with Gasteiger partial charge in [-0.15, -0.1) is 0 Å². The summed E-state index contributed by atoms with van der Waals surface area (Å²) in [5.41, 5.74) is 3.90. The molecule has 0 fully saturated rings. The van der Waals surface area contributed by atoms with Crippen molar-refractivity contribution in [3.63, 3.8) is 0 Å². The summed E-state index contributed by atoms with van der Waals surface area (Å²) in [6.07, 6.45) is 1.80. The first kappa shape index (κ1) is 19.4. The number of hydrogen-bond donors (Lipinski definition) is 0. The standard InChI is InChI=1S/C21H25NO4S/c1-14(2)26-20-8-7-18(27(4,24)25)12-19(20)21(23)22-10-9-16-11-15(3)5-6-17(16)13-22/h5-8,11-12,14H,9-10,13H2,1-4H3. The minimum absolute atomic E-state index is 0.120. The molecule has 0 radical (unpaired) electrons. The lowest BCUT2D eigenvalue weighted by Crippen LogP contribution is -2.36. The Hall–Kier alpha value is -2.34. The van der Waals surface area contributed by atoms with Crippen LogP contribution >= 0.6 is 0 Å². The summed E-state index contributed by atoms with van der Waals surface area (Å²) in [5, 5.41) is 0. The van der Waals surface area contributed by atoms with Gasteiger partial charge in [-0.3, -0.25) is 4.79 Å². The maximum absolute atomic E-state index is 13.2. The molecular weight excluding hydrogens is 362 g/mol. The fourth-order valence-corrected chi connectivity index (χ4v) is 3.94. The second-order valence-corrected chi connectivity index (χ2v) is 9.36. The molecule has 0 unspecified atom stereocenters. The van der Waals surface area contributed by atoms with Gasteiger partial charge in [0.1, 0.15) is 5.75 Å². The summed E-state index contributed by atoms with van der Waals surface area (Å²) in [4.78, 5) is 15.1. The average molecular weight is 388 g/mol. The van der Waals surface area contributed by atoms with Crippen molar-refractivity contribution in [2.45, 2.75) is 44.7 Å². The number of sulfone groups is 1. The summed E-state index contributed by atoms with van der Waals surface area (Å²) in [5.74, 6) is 0.208. The van der Waals surface area contributed by atoms with E-state index in [9.17, 15) is 13.2 Å². The van der Waals surface area contributed by atoms with Crippen molar-refractivity contribution in [3.05, 3.63) is 58.7 Å². The Kier molecular flexibility index (Phi) is 5.29. The second-order valence-electron chi connectivity index (χ2n) is 7.35. The van der Waals surface area contributed by atoms with Crippen LogP contribution in [-0.4, -0.2) is 38.1 Å². The highest BCUT2D eigenvalue weighted by Gasteiger charge is 2.26. The Bertz CT molecular complexity index is 980. The van der Waals surface area contributed by atoms with Gasteiger partial charge in [-0.05, 0) is 56.5 Å². The largest absolute Gasteiger partial charge is 0.490 e. The van der Waals surface area contributed by atoms with E-state index in [0.29, 0.717) is 24.4 Å². The maximum atomic E-state index is 13.2. The van der Waals surface area contributed by atoms with Gasteiger partial charge in [0.05, 0.1) is 16.6 Å². The number of hydrogen-bond acceptors (Lipinski definition) is 4. The van der Waals surface area contributed by atoms with Gasteiger partial charge in [0.15, 0.2) is 9.84 Å². The predicted octanol–water partition coefficient (Wildman–Crippen LogP) is 3.38. The highest BCUT2D eigenvalue weighted by atomic mass is 32.2. The molecule has 1 aliphatic heterocycles. The van der Waals surface area contributed by atoms with Gasteiger partial charge >= 0.3 is 0 Å². The van der Waals surface area contributed by atoms with Crippen molar-refractivity contribution < 1.29 is 17.9 Å². The molecule has 5 nitrogen and oxygen atoms in total. The van der Waals surface area contributed by atoms with E-state index in [2.05, 4.69) is 19.1 Å². The molecule has 0 spiro atoms. The first-order valence-electron chi connectivity index (χ1n) is 9.03. The van der Waals surface area contributed by atoms with Crippen LogP contribution in [0.15, 0.2) is 41.3 Å². The van der Waals surface area contributed by atoms with E-state index in [1.165, 1.54) is 23.3 Å². The monoisotopic (exact) mass is 387 g/mol. The zero-order valence-corrected chi connectivity index (χ0v) is 17.0. The molecule has 6 heteroatoms. The molecule has 3 rings (SSSR count). The Morgan fingerprint density at radius 3 is 2.52 bits per heavy atom. The SMILES string of the molecule is Cc1ccc2c(c1)CCN(C(=O)c1cc(S(C)(=O)=O)ccc1OC(C)C)C2. The van der Waals surface area contributed by atoms with Crippen molar-refractivity contribution in [1.29, 1.82) is 0 Å². The number of rotatable bonds is 4. The Labute approximate surface area is 160 Å². The number of nitrogens with zero attached hydrogens (tertiary/aromatic N) is 1. The molecule has 0 atom stereocenters. The lowest BCUT2D eigenvalue weighted by molar-refractivity contribution is 0.0728. The van der Waals surface area contributed by atoms with Crippen LogP contribution < -0.4 is 4.74 Å². The maximum Gasteiger partial charge on any atom is 0.257 e. The van der Waals surface area contributed by atoms with E-state index in [-0.39, 0.29) is 16.9 Å². The van der Waals surface area contributed by atoms with Crippen LogP contribution in [0.25, 0.3) is 0 Å². The minimum atomic E-state index is -3.41. The third kappa shape index (κ3) is 4.33. The van der Waals surface area contributed by atoms with Crippen LogP contribution in [0.4, 0.5) is 0 Å². The molecule has 0 aliphatic carbocycles. The fraction of sp³-hybridized carbons (Fsp3) is 0.381. The Morgan fingerprint density at radius 2 is 1.85 bits per heavy atom. The van der Waals surface area contributed by atoms with Crippen LogP contribution in [-0.2, 0) is 22.8 Å². The number of fused-ring (bicyclic) bond motifs is 1. The first-order chi connectivity index (χ1) is 12.6. The second kappa shape index (κ2) is 7.35. The van der Waals surface area contributed by atoms with Crippen LogP contribution in [0, 0.1) is 6.92 Å². The number of carbonyl (C=O) groups excluding carboxylic acids is 1. The molecule has 0 N–H and O–H groups in total. The molecule has 2 aromatic carbocycles. The number of aryl methyl sites for hydroxylation is 1. The van der Waals surface area contributed by atoms with E-state index in [4.69, 9.17) is 4.74 Å². The van der Waals surface area contributed by atoms with Gasteiger partial charge in [0.25, 0.3) is 5.91 Å². The van der Waals surface area contributed by atoms with Crippen LogP contribution in [0.1, 0.15) is 40.9 Å². The lowest BCUT2D eigenvalue weighted by Gasteiger charge is -2.30. The molecular formula is C21H25NO4S. The normalized spacial score (nSPS) is 14.2. The van der Waals surface area contributed by atoms with Crippen molar-refractivity contribution in [2.75, 3.05) is 12.8 Å². The summed E-state index contributed by atoms with van der Waals surface area (Å²) in [6.45, 7) is 6.92. The van der Waals surface area contributed by atoms with Gasteiger partial charge in [-0.2, -0.15) is 0 Å². The van der Waals surface area contributed by atoms with E-state index >= 15 is 0 Å². The topological polar surface area (TPSA) is 63.7 Å². The molecule has 27 heavy (non-hydrogen) atoms. The van der Waals surface area contributed by atoms with E-state index < -0.39 is 9.84 Å². The van der Waals surface area contributed by atoms with Crippen molar-refractivity contribution in [3.8, 4) is 5.75 Å². The van der Waals surface area contributed by atoms with Gasteiger partial charge in [0, 0.05) is 19.3 Å². The molecule has 1 heterocycles. The number of benzene rings is 2. The fourth-order valence-electron chi connectivity index (χ4n) is 3.29. The van der Waals surface area contributed by atoms with Crippen LogP contribution in [0.5, 0.6) is 5.75 Å². The highest BCUT2D eigenvalue weighted by Crippen LogP contribution is 2.28. The molecule has 0 aromatic heterocycles. The summed E-state index contributed by atoms with van der Waals surface area (Å²) in [6, 6.07) is 10.8.